The number of aliphatic hydroxyl groups is 1. The molecule has 0 amide bonds. The van der Waals surface area contributed by atoms with Crippen LogP contribution in [0.15, 0.2) is 22.8 Å². The van der Waals surface area contributed by atoms with Gasteiger partial charge in [-0.2, -0.15) is 0 Å². The third kappa shape index (κ3) is 2.99. The van der Waals surface area contributed by atoms with E-state index in [0.29, 0.717) is 27.1 Å². The highest BCUT2D eigenvalue weighted by Crippen LogP contribution is 2.27. The predicted octanol–water partition coefficient (Wildman–Crippen LogP) is 2.18. The largest absolute Gasteiger partial charge is 0.469 e. The number of rotatable bonds is 4. The second-order valence-corrected chi connectivity index (χ2v) is 4.91. The number of aliphatic hydroxyl groups excluding tert-OH is 1. The van der Waals surface area contributed by atoms with Gasteiger partial charge in [0.15, 0.2) is 5.01 Å². The maximum absolute atomic E-state index is 10.1. The van der Waals surface area contributed by atoms with Gasteiger partial charge in [-0.3, -0.25) is 0 Å². The van der Waals surface area contributed by atoms with Crippen LogP contribution in [0.3, 0.4) is 0 Å². The summed E-state index contributed by atoms with van der Waals surface area (Å²) in [5.41, 5.74) is 0.526. The Hall–Kier alpha value is -1.05. The van der Waals surface area contributed by atoms with Gasteiger partial charge in [0.05, 0.1) is 12.3 Å². The van der Waals surface area contributed by atoms with E-state index in [1.807, 2.05) is 6.92 Å². The molecule has 2 aromatic heterocycles. The highest BCUT2D eigenvalue weighted by molar-refractivity contribution is 9.10. The summed E-state index contributed by atoms with van der Waals surface area (Å²) in [4.78, 5) is 4.17. The molecule has 0 spiro atoms. The van der Waals surface area contributed by atoms with Gasteiger partial charge in [0.2, 0.25) is 0 Å². The number of halogens is 1. The summed E-state index contributed by atoms with van der Waals surface area (Å²) in [5.74, 6) is 0. The van der Waals surface area contributed by atoms with Gasteiger partial charge in [0.1, 0.15) is 10.7 Å². The van der Waals surface area contributed by atoms with Crippen LogP contribution >= 0.6 is 27.3 Å². The summed E-state index contributed by atoms with van der Waals surface area (Å²) in [6.45, 7) is 2.40. The van der Waals surface area contributed by atoms with Gasteiger partial charge in [-0.25, -0.2) is 4.98 Å². The zero-order chi connectivity index (χ0) is 12.3. The van der Waals surface area contributed by atoms with Crippen molar-refractivity contribution in [2.75, 3.05) is 6.61 Å². The molecule has 1 atom stereocenters. The highest BCUT2D eigenvalue weighted by Gasteiger charge is 2.17. The van der Waals surface area contributed by atoms with Crippen molar-refractivity contribution in [2.45, 2.75) is 13.0 Å². The molecule has 0 aliphatic heterocycles. The first-order valence-corrected chi connectivity index (χ1v) is 6.58. The molecule has 0 radical (unpaired) electrons. The van der Waals surface area contributed by atoms with Crippen LogP contribution in [-0.2, 0) is 0 Å². The topological polar surface area (TPSA) is 68.1 Å². The fourth-order valence-corrected chi connectivity index (χ4v) is 2.32. The molecular weight excluding hydrogens is 306 g/mol. The zero-order valence-electron chi connectivity index (χ0n) is 9.00. The van der Waals surface area contributed by atoms with Crippen LogP contribution in [-0.4, -0.2) is 26.9 Å². The Labute approximate surface area is 111 Å². The number of hydrogen-bond acceptors (Lipinski definition) is 6. The Morgan fingerprint density at radius 2 is 2.29 bits per heavy atom. The molecule has 90 valence electrons. The minimum Gasteiger partial charge on any atom is -0.469 e. The molecule has 0 bridgehead atoms. The van der Waals surface area contributed by atoms with E-state index in [1.54, 1.807) is 18.2 Å². The first kappa shape index (κ1) is 12.4. The number of pyridine rings is 1. The predicted molar refractivity (Wildman–Crippen MR) is 67.1 cm³/mol. The molecule has 0 saturated carbocycles. The van der Waals surface area contributed by atoms with Crippen molar-refractivity contribution in [3.63, 3.8) is 0 Å². The van der Waals surface area contributed by atoms with E-state index in [9.17, 15) is 5.11 Å². The normalized spacial score (nSPS) is 12.4. The van der Waals surface area contributed by atoms with Crippen molar-refractivity contribution in [3.05, 3.63) is 33.5 Å². The lowest BCUT2D eigenvalue weighted by Gasteiger charge is -2.05. The van der Waals surface area contributed by atoms with Gasteiger partial charge >= 0.3 is 0 Å². The second kappa shape index (κ2) is 5.52. The lowest BCUT2D eigenvalue weighted by Crippen LogP contribution is -2.01. The summed E-state index contributed by atoms with van der Waals surface area (Å²) in [6, 6.07) is 5.33. The van der Waals surface area contributed by atoms with Gasteiger partial charge in [-0.1, -0.05) is 22.5 Å². The fraction of sp³-hybridized carbons (Fsp3) is 0.300. The molecule has 0 fully saturated rings. The van der Waals surface area contributed by atoms with Gasteiger partial charge in [-0.15, -0.1) is 5.10 Å². The van der Waals surface area contributed by atoms with Gasteiger partial charge in [0, 0.05) is 0 Å². The number of ether oxygens (including phenoxy) is 1. The average Bonchev–Trinajstić information content (AvgIpc) is 2.77. The number of nitrogens with zero attached hydrogens (tertiary/aromatic N) is 3. The summed E-state index contributed by atoms with van der Waals surface area (Å²) in [6.07, 6.45) is -0.876. The van der Waals surface area contributed by atoms with Crippen LogP contribution in [0.4, 0.5) is 0 Å². The first-order valence-electron chi connectivity index (χ1n) is 4.97. The molecule has 2 aromatic rings. The SMILES string of the molecule is CCOc1nnc(C(O)c2cccc(Br)n2)s1. The summed E-state index contributed by atoms with van der Waals surface area (Å²) >= 11 is 4.47. The molecule has 1 N–H and O–H groups in total. The van der Waals surface area contributed by atoms with Gasteiger partial charge in [0.25, 0.3) is 5.19 Å². The van der Waals surface area contributed by atoms with Crippen LogP contribution < -0.4 is 4.74 Å². The summed E-state index contributed by atoms with van der Waals surface area (Å²) in [5, 5.41) is 18.7. The van der Waals surface area contributed by atoms with E-state index in [0.717, 1.165) is 0 Å². The minimum absolute atomic E-state index is 0.455. The Morgan fingerprint density at radius 3 is 3.00 bits per heavy atom. The lowest BCUT2D eigenvalue weighted by molar-refractivity contribution is 0.213. The summed E-state index contributed by atoms with van der Waals surface area (Å²) in [7, 11) is 0. The smallest absolute Gasteiger partial charge is 0.294 e. The molecule has 0 aliphatic rings. The number of aromatic nitrogens is 3. The van der Waals surface area contributed by atoms with Gasteiger partial charge in [-0.05, 0) is 35.0 Å². The average molecular weight is 316 g/mol. The lowest BCUT2D eigenvalue weighted by atomic mass is 10.2. The quantitative estimate of drug-likeness (QED) is 0.876. The second-order valence-electron chi connectivity index (χ2n) is 3.13. The van der Waals surface area contributed by atoms with E-state index in [1.165, 1.54) is 11.3 Å². The number of hydrogen-bond donors (Lipinski definition) is 1. The van der Waals surface area contributed by atoms with Crippen molar-refractivity contribution in [1.82, 2.24) is 15.2 Å². The molecule has 0 aromatic carbocycles. The Kier molecular flexibility index (Phi) is 4.03. The van der Waals surface area contributed by atoms with Crippen molar-refractivity contribution < 1.29 is 9.84 Å². The fourth-order valence-electron chi connectivity index (χ4n) is 1.22. The Bertz CT molecular complexity index is 506. The summed E-state index contributed by atoms with van der Waals surface area (Å²) < 4.78 is 5.87. The van der Waals surface area contributed by atoms with Gasteiger partial charge < -0.3 is 9.84 Å². The third-order valence-electron chi connectivity index (χ3n) is 1.94. The Balaban J connectivity index is 2.21. The monoisotopic (exact) mass is 315 g/mol. The van der Waals surface area contributed by atoms with Crippen LogP contribution in [0.1, 0.15) is 23.7 Å². The molecule has 2 rings (SSSR count). The Morgan fingerprint density at radius 1 is 1.47 bits per heavy atom. The molecular formula is C10H10BrN3O2S. The van der Waals surface area contributed by atoms with E-state index >= 15 is 0 Å². The molecule has 0 saturated heterocycles. The van der Waals surface area contributed by atoms with E-state index in [4.69, 9.17) is 4.74 Å². The zero-order valence-corrected chi connectivity index (χ0v) is 11.4. The van der Waals surface area contributed by atoms with E-state index in [-0.39, 0.29) is 0 Å². The molecule has 0 aliphatic carbocycles. The van der Waals surface area contributed by atoms with Crippen molar-refractivity contribution >= 4 is 27.3 Å². The third-order valence-corrected chi connectivity index (χ3v) is 3.27. The standard InChI is InChI=1S/C10H10BrN3O2S/c1-2-16-10-14-13-9(17-10)8(15)6-4-3-5-7(11)12-6/h3-5,8,15H,2H2,1H3. The maximum atomic E-state index is 10.1. The molecule has 1 unspecified atom stereocenters. The van der Waals surface area contributed by atoms with Crippen LogP contribution in [0.25, 0.3) is 0 Å². The maximum Gasteiger partial charge on any atom is 0.294 e. The molecule has 2 heterocycles. The molecule has 17 heavy (non-hydrogen) atoms. The van der Waals surface area contributed by atoms with Crippen molar-refractivity contribution in [1.29, 1.82) is 0 Å². The van der Waals surface area contributed by atoms with E-state index in [2.05, 4.69) is 31.1 Å². The van der Waals surface area contributed by atoms with Crippen LogP contribution in [0.2, 0.25) is 0 Å². The van der Waals surface area contributed by atoms with E-state index < -0.39 is 6.10 Å². The van der Waals surface area contributed by atoms with Crippen molar-refractivity contribution in [2.24, 2.45) is 0 Å². The van der Waals surface area contributed by atoms with Crippen LogP contribution in [0.5, 0.6) is 5.19 Å². The minimum atomic E-state index is -0.876. The van der Waals surface area contributed by atoms with Crippen molar-refractivity contribution in [3.8, 4) is 5.19 Å². The highest BCUT2D eigenvalue weighted by atomic mass is 79.9. The molecule has 7 heteroatoms. The first-order chi connectivity index (χ1) is 8.20. The molecule has 5 nitrogen and oxygen atoms in total. The van der Waals surface area contributed by atoms with Crippen LogP contribution in [0, 0.1) is 0 Å².